The van der Waals surface area contributed by atoms with Gasteiger partial charge >= 0.3 is 0 Å². The van der Waals surface area contributed by atoms with Crippen molar-refractivity contribution in [2.45, 2.75) is 38.1 Å². The molecule has 1 aliphatic rings. The molecule has 136 valence electrons. The Morgan fingerprint density at radius 3 is 2.62 bits per heavy atom. The zero-order valence-electron chi connectivity index (χ0n) is 14.4. The lowest BCUT2D eigenvalue weighted by atomic mass is 9.85. The lowest BCUT2D eigenvalue weighted by Crippen LogP contribution is -2.45. The molecular weight excluding hydrogens is 371 g/mol. The van der Waals surface area contributed by atoms with E-state index in [-0.39, 0.29) is 23.8 Å². The monoisotopic (exact) mass is 390 g/mol. The van der Waals surface area contributed by atoms with Gasteiger partial charge in [-0.1, -0.05) is 47.5 Å². The molecule has 26 heavy (non-hydrogen) atoms. The molecule has 0 unspecified atom stereocenters. The SMILES string of the molecule is C[C@@H]1C[C@@H](C(N)=O)c2ccccc2N1C(=O)CCc1ccc(Cl)cc1Cl. The molecule has 0 spiro atoms. The number of primary amides is 1. The number of para-hydroxylation sites is 1. The van der Waals surface area contributed by atoms with Crippen molar-refractivity contribution in [3.63, 3.8) is 0 Å². The number of nitrogens with zero attached hydrogens (tertiary/aromatic N) is 1. The summed E-state index contributed by atoms with van der Waals surface area (Å²) in [4.78, 5) is 26.5. The van der Waals surface area contributed by atoms with Crippen LogP contribution in [0.3, 0.4) is 0 Å². The van der Waals surface area contributed by atoms with Gasteiger partial charge in [0.15, 0.2) is 0 Å². The van der Waals surface area contributed by atoms with Crippen molar-refractivity contribution in [2.75, 3.05) is 4.90 Å². The van der Waals surface area contributed by atoms with Crippen molar-refractivity contribution in [1.82, 2.24) is 0 Å². The summed E-state index contributed by atoms with van der Waals surface area (Å²) in [6.45, 7) is 1.94. The number of amides is 2. The topological polar surface area (TPSA) is 63.4 Å². The van der Waals surface area contributed by atoms with Crippen LogP contribution in [0.25, 0.3) is 0 Å². The maximum absolute atomic E-state index is 12.9. The Labute approximate surface area is 162 Å². The van der Waals surface area contributed by atoms with Crippen molar-refractivity contribution in [2.24, 2.45) is 5.73 Å². The molecule has 2 atom stereocenters. The van der Waals surface area contributed by atoms with Gasteiger partial charge in [0, 0.05) is 28.2 Å². The summed E-state index contributed by atoms with van der Waals surface area (Å²) in [6, 6.07) is 12.7. The largest absolute Gasteiger partial charge is 0.369 e. The highest BCUT2D eigenvalue weighted by Gasteiger charge is 2.35. The molecule has 1 heterocycles. The fourth-order valence-corrected chi connectivity index (χ4v) is 4.05. The van der Waals surface area contributed by atoms with Crippen molar-refractivity contribution in [3.05, 3.63) is 63.6 Å². The van der Waals surface area contributed by atoms with Crippen LogP contribution in [0.2, 0.25) is 10.0 Å². The number of fused-ring (bicyclic) bond motifs is 1. The van der Waals surface area contributed by atoms with Gasteiger partial charge in [-0.2, -0.15) is 0 Å². The number of benzene rings is 2. The maximum atomic E-state index is 12.9. The molecule has 0 saturated carbocycles. The summed E-state index contributed by atoms with van der Waals surface area (Å²) in [6.07, 6.45) is 1.38. The second-order valence-corrected chi connectivity index (χ2v) is 7.44. The zero-order chi connectivity index (χ0) is 18.8. The molecule has 3 rings (SSSR count). The Morgan fingerprint density at radius 2 is 1.92 bits per heavy atom. The summed E-state index contributed by atoms with van der Waals surface area (Å²) in [5.41, 5.74) is 8.03. The first-order valence-corrected chi connectivity index (χ1v) is 9.28. The molecule has 2 aromatic carbocycles. The van der Waals surface area contributed by atoms with E-state index >= 15 is 0 Å². The minimum absolute atomic E-state index is 0.00103. The third kappa shape index (κ3) is 3.71. The maximum Gasteiger partial charge on any atom is 0.227 e. The van der Waals surface area contributed by atoms with Crippen LogP contribution in [-0.4, -0.2) is 17.9 Å². The van der Waals surface area contributed by atoms with E-state index in [0.29, 0.717) is 29.3 Å². The lowest BCUT2D eigenvalue weighted by Gasteiger charge is -2.38. The minimum atomic E-state index is -0.365. The number of carbonyl (C=O) groups is 2. The molecule has 1 aliphatic heterocycles. The van der Waals surface area contributed by atoms with Gasteiger partial charge in [-0.15, -0.1) is 0 Å². The Bertz CT molecular complexity index is 853. The quantitative estimate of drug-likeness (QED) is 0.844. The van der Waals surface area contributed by atoms with Crippen LogP contribution in [0.1, 0.15) is 36.8 Å². The van der Waals surface area contributed by atoms with Crippen LogP contribution in [0, 0.1) is 0 Å². The van der Waals surface area contributed by atoms with E-state index in [2.05, 4.69) is 0 Å². The van der Waals surface area contributed by atoms with Crippen molar-refractivity contribution >= 4 is 40.7 Å². The molecule has 0 saturated heterocycles. The summed E-state index contributed by atoms with van der Waals surface area (Å²) >= 11 is 12.1. The number of carbonyl (C=O) groups excluding carboxylic acids is 2. The molecule has 0 aromatic heterocycles. The van der Waals surface area contributed by atoms with Crippen LogP contribution in [-0.2, 0) is 16.0 Å². The molecule has 2 amide bonds. The van der Waals surface area contributed by atoms with Gasteiger partial charge < -0.3 is 10.6 Å². The normalized spacial score (nSPS) is 19.1. The van der Waals surface area contributed by atoms with Gasteiger partial charge in [0.1, 0.15) is 0 Å². The first-order chi connectivity index (χ1) is 12.4. The van der Waals surface area contributed by atoms with Gasteiger partial charge in [0.25, 0.3) is 0 Å². The average molecular weight is 391 g/mol. The van der Waals surface area contributed by atoms with Crippen molar-refractivity contribution in [1.29, 1.82) is 0 Å². The van der Waals surface area contributed by atoms with Crippen LogP contribution in [0.5, 0.6) is 0 Å². The molecule has 4 nitrogen and oxygen atoms in total. The molecule has 0 radical (unpaired) electrons. The van der Waals surface area contributed by atoms with Gasteiger partial charge in [-0.05, 0) is 49.1 Å². The molecule has 0 bridgehead atoms. The smallest absolute Gasteiger partial charge is 0.227 e. The van der Waals surface area contributed by atoms with Gasteiger partial charge in [-0.25, -0.2) is 0 Å². The van der Waals surface area contributed by atoms with E-state index in [1.165, 1.54) is 0 Å². The van der Waals surface area contributed by atoms with Crippen LogP contribution in [0.15, 0.2) is 42.5 Å². The highest BCUT2D eigenvalue weighted by molar-refractivity contribution is 6.35. The highest BCUT2D eigenvalue weighted by atomic mass is 35.5. The summed E-state index contributed by atoms with van der Waals surface area (Å²) in [7, 11) is 0. The van der Waals surface area contributed by atoms with Crippen LogP contribution >= 0.6 is 23.2 Å². The van der Waals surface area contributed by atoms with Crippen LogP contribution in [0.4, 0.5) is 5.69 Å². The number of halogens is 2. The molecule has 6 heteroatoms. The predicted molar refractivity (Wildman–Crippen MR) is 105 cm³/mol. The fourth-order valence-electron chi connectivity index (χ4n) is 3.55. The molecule has 0 aliphatic carbocycles. The number of anilines is 1. The zero-order valence-corrected chi connectivity index (χ0v) is 15.9. The predicted octanol–water partition coefficient (Wildman–Crippen LogP) is 4.32. The summed E-state index contributed by atoms with van der Waals surface area (Å²) in [5.74, 6) is -0.723. The van der Waals surface area contributed by atoms with E-state index < -0.39 is 0 Å². The van der Waals surface area contributed by atoms with Gasteiger partial charge in [-0.3, -0.25) is 9.59 Å². The number of hydrogen-bond acceptors (Lipinski definition) is 2. The second-order valence-electron chi connectivity index (χ2n) is 6.60. The molecule has 2 aromatic rings. The van der Waals surface area contributed by atoms with E-state index in [1.54, 1.807) is 17.0 Å². The van der Waals surface area contributed by atoms with Gasteiger partial charge in [0.2, 0.25) is 11.8 Å². The number of rotatable bonds is 4. The number of aryl methyl sites for hydroxylation is 1. The first kappa shape index (κ1) is 18.7. The second kappa shape index (κ2) is 7.68. The highest BCUT2D eigenvalue weighted by Crippen LogP contribution is 2.38. The Kier molecular flexibility index (Phi) is 5.54. The summed E-state index contributed by atoms with van der Waals surface area (Å²) < 4.78 is 0. The van der Waals surface area contributed by atoms with Crippen molar-refractivity contribution in [3.8, 4) is 0 Å². The lowest BCUT2D eigenvalue weighted by molar-refractivity contribution is -0.121. The first-order valence-electron chi connectivity index (χ1n) is 8.52. The van der Waals surface area contributed by atoms with E-state index in [1.807, 2.05) is 37.3 Å². The Balaban J connectivity index is 1.82. The fraction of sp³-hybridized carbons (Fsp3) is 0.300. The van der Waals surface area contributed by atoms with Crippen LogP contribution < -0.4 is 10.6 Å². The Morgan fingerprint density at radius 1 is 1.19 bits per heavy atom. The summed E-state index contributed by atoms with van der Waals surface area (Å²) in [5, 5.41) is 1.13. The number of hydrogen-bond donors (Lipinski definition) is 1. The van der Waals surface area contributed by atoms with Gasteiger partial charge in [0.05, 0.1) is 5.92 Å². The van der Waals surface area contributed by atoms with Crippen molar-refractivity contribution < 1.29 is 9.59 Å². The number of nitrogens with two attached hydrogens (primary N) is 1. The molecule has 0 fully saturated rings. The molecular formula is C20H20Cl2N2O2. The minimum Gasteiger partial charge on any atom is -0.369 e. The average Bonchev–Trinajstić information content (AvgIpc) is 2.60. The van der Waals surface area contributed by atoms with E-state index in [0.717, 1.165) is 16.8 Å². The van der Waals surface area contributed by atoms with E-state index in [4.69, 9.17) is 28.9 Å². The van der Waals surface area contributed by atoms with E-state index in [9.17, 15) is 9.59 Å². The third-order valence-electron chi connectivity index (χ3n) is 4.82. The molecule has 2 N–H and O–H groups in total. The third-order valence-corrected chi connectivity index (χ3v) is 5.41. The standard InChI is InChI=1S/C20H20Cl2N2O2/c1-12-10-16(20(23)26)15-4-2-3-5-18(15)24(12)19(25)9-7-13-6-8-14(21)11-17(13)22/h2-6,8,11-12,16H,7,9-10H2,1H3,(H2,23,26)/t12-,16-/m1/s1. The Hall–Kier alpha value is -2.04.